The summed E-state index contributed by atoms with van der Waals surface area (Å²) in [6.07, 6.45) is 0. The first-order valence-corrected chi connectivity index (χ1v) is 9.92. The van der Waals surface area contributed by atoms with Crippen LogP contribution >= 0.6 is 0 Å². The molecule has 142 valence electrons. The Hall–Kier alpha value is -2.78. The van der Waals surface area contributed by atoms with Crippen LogP contribution in [0.2, 0.25) is 0 Å². The normalized spacial score (nSPS) is 16.9. The Morgan fingerprint density at radius 3 is 2.41 bits per heavy atom. The van der Waals surface area contributed by atoms with Gasteiger partial charge in [0.2, 0.25) is 0 Å². The number of sulfonamides is 1. The second kappa shape index (κ2) is 7.09. The monoisotopic (exact) mass is 390 g/mol. The highest BCUT2D eigenvalue weighted by molar-refractivity contribution is 7.92. The van der Waals surface area contributed by atoms with Crippen molar-refractivity contribution in [3.63, 3.8) is 0 Å². The van der Waals surface area contributed by atoms with Crippen molar-refractivity contribution < 1.29 is 27.4 Å². The van der Waals surface area contributed by atoms with E-state index in [0.29, 0.717) is 49.2 Å². The van der Waals surface area contributed by atoms with Gasteiger partial charge in [-0.3, -0.25) is 9.52 Å². The molecule has 0 aromatic heterocycles. The van der Waals surface area contributed by atoms with Gasteiger partial charge >= 0.3 is 0 Å². The van der Waals surface area contributed by atoms with E-state index in [-0.39, 0.29) is 17.4 Å². The Morgan fingerprint density at radius 1 is 0.926 bits per heavy atom. The van der Waals surface area contributed by atoms with E-state index in [1.54, 1.807) is 35.2 Å². The molecule has 2 heterocycles. The number of amides is 1. The maximum absolute atomic E-state index is 12.6. The number of nitrogens with zero attached hydrogens (tertiary/aromatic N) is 1. The van der Waals surface area contributed by atoms with Crippen molar-refractivity contribution in [3.05, 3.63) is 42.5 Å². The van der Waals surface area contributed by atoms with Crippen molar-refractivity contribution in [2.75, 3.05) is 42.6 Å². The molecule has 9 heteroatoms. The zero-order valence-corrected chi connectivity index (χ0v) is 15.2. The highest BCUT2D eigenvalue weighted by atomic mass is 32.2. The zero-order valence-electron chi connectivity index (χ0n) is 14.4. The van der Waals surface area contributed by atoms with Gasteiger partial charge in [-0.05, 0) is 36.4 Å². The van der Waals surface area contributed by atoms with Crippen molar-refractivity contribution in [1.29, 1.82) is 0 Å². The van der Waals surface area contributed by atoms with Crippen molar-refractivity contribution in [2.24, 2.45) is 0 Å². The third kappa shape index (κ3) is 3.69. The van der Waals surface area contributed by atoms with Gasteiger partial charge in [-0.1, -0.05) is 0 Å². The molecule has 2 aromatic carbocycles. The number of morpholine rings is 1. The van der Waals surface area contributed by atoms with E-state index >= 15 is 0 Å². The number of fused-ring (bicyclic) bond motifs is 1. The fraction of sp³-hybridized carbons (Fsp3) is 0.278. The molecule has 0 unspecified atom stereocenters. The molecule has 2 aliphatic heterocycles. The molecule has 0 saturated carbocycles. The first-order valence-electron chi connectivity index (χ1n) is 8.44. The fourth-order valence-electron chi connectivity index (χ4n) is 2.92. The highest BCUT2D eigenvalue weighted by Gasteiger charge is 2.22. The van der Waals surface area contributed by atoms with E-state index in [9.17, 15) is 13.2 Å². The summed E-state index contributed by atoms with van der Waals surface area (Å²) in [7, 11) is -3.78. The predicted molar refractivity (Wildman–Crippen MR) is 97.9 cm³/mol. The molecular formula is C18H18N2O6S. The number of rotatable bonds is 4. The van der Waals surface area contributed by atoms with Crippen LogP contribution in [0, 0.1) is 0 Å². The summed E-state index contributed by atoms with van der Waals surface area (Å²) in [5, 5.41) is 0. The van der Waals surface area contributed by atoms with Gasteiger partial charge in [-0.15, -0.1) is 0 Å². The lowest BCUT2D eigenvalue weighted by molar-refractivity contribution is -0.125. The average molecular weight is 390 g/mol. The van der Waals surface area contributed by atoms with Crippen LogP contribution in [0.4, 0.5) is 11.4 Å². The Morgan fingerprint density at radius 2 is 1.67 bits per heavy atom. The van der Waals surface area contributed by atoms with Gasteiger partial charge in [0.05, 0.1) is 17.2 Å². The van der Waals surface area contributed by atoms with E-state index in [0.717, 1.165) is 0 Å². The number of benzene rings is 2. The molecule has 1 amide bonds. The number of nitrogens with one attached hydrogen (secondary N) is 1. The number of hydrogen-bond donors (Lipinski definition) is 1. The molecule has 0 bridgehead atoms. The third-order valence-corrected chi connectivity index (χ3v) is 5.64. The Labute approximate surface area is 156 Å². The molecule has 2 aromatic rings. The number of anilines is 2. The van der Waals surface area contributed by atoms with Crippen LogP contribution in [0.25, 0.3) is 0 Å². The van der Waals surface area contributed by atoms with Crippen LogP contribution < -0.4 is 19.1 Å². The van der Waals surface area contributed by atoms with Gasteiger partial charge in [-0.25, -0.2) is 8.42 Å². The second-order valence-electron chi connectivity index (χ2n) is 6.06. The van der Waals surface area contributed by atoms with Crippen molar-refractivity contribution >= 4 is 27.3 Å². The number of ether oxygens (including phenoxy) is 3. The molecule has 2 aliphatic rings. The summed E-state index contributed by atoms with van der Waals surface area (Å²) in [4.78, 5) is 13.6. The summed E-state index contributed by atoms with van der Waals surface area (Å²) < 4.78 is 43.8. The molecule has 1 N–H and O–H groups in total. The summed E-state index contributed by atoms with van der Waals surface area (Å²) in [5.41, 5.74) is 1.02. The van der Waals surface area contributed by atoms with Gasteiger partial charge in [0, 0.05) is 18.3 Å². The quantitative estimate of drug-likeness (QED) is 0.853. The minimum absolute atomic E-state index is 0.0335. The van der Waals surface area contributed by atoms with Gasteiger partial charge in [-0.2, -0.15) is 0 Å². The van der Waals surface area contributed by atoms with E-state index in [4.69, 9.17) is 14.2 Å². The standard InChI is InChI=1S/C18H18N2O6S/c21-18-12-24-8-7-20(18)14-2-4-15(5-3-14)27(22,23)19-13-1-6-16-17(11-13)26-10-9-25-16/h1-6,11,19H,7-10,12H2. The maximum Gasteiger partial charge on any atom is 0.261 e. The topological polar surface area (TPSA) is 94.2 Å². The van der Waals surface area contributed by atoms with E-state index < -0.39 is 10.0 Å². The van der Waals surface area contributed by atoms with Crippen molar-refractivity contribution in [3.8, 4) is 11.5 Å². The van der Waals surface area contributed by atoms with Gasteiger partial charge < -0.3 is 19.1 Å². The van der Waals surface area contributed by atoms with Crippen LogP contribution in [0.15, 0.2) is 47.4 Å². The summed E-state index contributed by atoms with van der Waals surface area (Å²) in [5.74, 6) is 0.942. The van der Waals surface area contributed by atoms with Crippen LogP contribution in [0.1, 0.15) is 0 Å². The Kier molecular flexibility index (Phi) is 4.63. The number of hydrogen-bond acceptors (Lipinski definition) is 6. The van der Waals surface area contributed by atoms with E-state index in [2.05, 4.69) is 4.72 Å². The zero-order chi connectivity index (χ0) is 18.9. The molecule has 4 rings (SSSR count). The Balaban J connectivity index is 1.52. The molecule has 8 nitrogen and oxygen atoms in total. The summed E-state index contributed by atoms with van der Waals surface area (Å²) in [6.45, 7) is 1.82. The van der Waals surface area contributed by atoms with Crippen LogP contribution in [-0.4, -0.2) is 47.3 Å². The molecule has 0 radical (unpaired) electrons. The van der Waals surface area contributed by atoms with E-state index in [1.807, 2.05) is 0 Å². The smallest absolute Gasteiger partial charge is 0.261 e. The second-order valence-corrected chi connectivity index (χ2v) is 7.74. The maximum atomic E-state index is 12.6. The highest BCUT2D eigenvalue weighted by Crippen LogP contribution is 2.33. The lowest BCUT2D eigenvalue weighted by Gasteiger charge is -2.26. The fourth-order valence-corrected chi connectivity index (χ4v) is 3.97. The summed E-state index contributed by atoms with van der Waals surface area (Å²) >= 11 is 0. The average Bonchev–Trinajstić information content (AvgIpc) is 2.68. The lowest BCUT2D eigenvalue weighted by atomic mass is 10.2. The molecule has 27 heavy (non-hydrogen) atoms. The minimum atomic E-state index is -3.78. The van der Waals surface area contributed by atoms with E-state index in [1.165, 1.54) is 12.1 Å². The van der Waals surface area contributed by atoms with Gasteiger partial charge in [0.15, 0.2) is 11.5 Å². The molecule has 1 fully saturated rings. The predicted octanol–water partition coefficient (Wildman–Crippen LogP) is 1.62. The largest absolute Gasteiger partial charge is 0.486 e. The van der Waals surface area contributed by atoms with Gasteiger partial charge in [0.25, 0.3) is 15.9 Å². The lowest BCUT2D eigenvalue weighted by Crippen LogP contribution is -2.41. The van der Waals surface area contributed by atoms with Crippen LogP contribution in [-0.2, 0) is 19.6 Å². The molecule has 0 aliphatic carbocycles. The SMILES string of the molecule is O=C1COCCN1c1ccc(S(=O)(=O)Nc2ccc3c(c2)OCCO3)cc1. The van der Waals surface area contributed by atoms with Crippen molar-refractivity contribution in [1.82, 2.24) is 0 Å². The molecule has 1 saturated heterocycles. The first-order chi connectivity index (χ1) is 13.0. The number of carbonyl (C=O) groups excluding carboxylic acids is 1. The van der Waals surface area contributed by atoms with Crippen molar-refractivity contribution in [2.45, 2.75) is 4.90 Å². The van der Waals surface area contributed by atoms with Crippen LogP contribution in [0.5, 0.6) is 11.5 Å². The summed E-state index contributed by atoms with van der Waals surface area (Å²) in [6, 6.07) is 11.0. The number of carbonyl (C=O) groups is 1. The van der Waals surface area contributed by atoms with Gasteiger partial charge in [0.1, 0.15) is 19.8 Å². The molecule has 0 atom stereocenters. The minimum Gasteiger partial charge on any atom is -0.486 e. The Bertz CT molecular complexity index is 958. The first kappa shape index (κ1) is 17.6. The molecular weight excluding hydrogens is 372 g/mol. The molecule has 0 spiro atoms. The third-order valence-electron chi connectivity index (χ3n) is 4.24. The van der Waals surface area contributed by atoms with Crippen LogP contribution in [0.3, 0.4) is 0 Å².